The number of benzene rings is 1. The van der Waals surface area contributed by atoms with E-state index in [0.29, 0.717) is 6.42 Å². The van der Waals surface area contributed by atoms with Gasteiger partial charge in [-0.05, 0) is 25.8 Å². The van der Waals surface area contributed by atoms with Crippen molar-refractivity contribution < 1.29 is 33.8 Å². The Morgan fingerprint density at radius 2 is 1.90 bits per heavy atom. The Balaban J connectivity index is 1.56. The monoisotopic (exact) mass is 537 g/mol. The number of hydrogen-bond donors (Lipinski definition) is 2. The van der Waals surface area contributed by atoms with Crippen LogP contribution in [0.3, 0.4) is 0 Å². The summed E-state index contributed by atoms with van der Waals surface area (Å²) in [6.07, 6.45) is 6.58. The molecule has 2 fully saturated rings. The Kier molecular flexibility index (Phi) is 7.59. The maximum atomic E-state index is 14.4. The van der Waals surface area contributed by atoms with Gasteiger partial charge in [0.1, 0.15) is 23.7 Å². The molecule has 0 radical (unpaired) electrons. The van der Waals surface area contributed by atoms with E-state index in [9.17, 15) is 24.3 Å². The first-order valence-corrected chi connectivity index (χ1v) is 13.5. The summed E-state index contributed by atoms with van der Waals surface area (Å²) >= 11 is 0. The van der Waals surface area contributed by atoms with Crippen LogP contribution in [0.1, 0.15) is 32.3 Å². The first-order chi connectivity index (χ1) is 18.8. The molecule has 3 amide bonds. The number of allylic oxidation sites excluding steroid dienone is 1. The number of nitrogens with zero attached hydrogens (tertiary/aromatic N) is 2. The van der Waals surface area contributed by atoms with Crippen molar-refractivity contribution in [2.24, 2.45) is 11.8 Å². The van der Waals surface area contributed by atoms with Crippen molar-refractivity contribution in [3.8, 4) is 0 Å². The average Bonchev–Trinajstić information content (AvgIpc) is 3.57. The van der Waals surface area contributed by atoms with E-state index in [4.69, 9.17) is 9.47 Å². The molecule has 5 bridgehead atoms. The Hall–Kier alpha value is -3.50. The standard InChI is InChI=1S/C29H35N3O7/c1-18(17-33)32-25-27(36)31(16-20-9-5-3-6-10-20)14-8-4-7-11-22(34)30-15-19(2)38-28(37)23-21-12-13-29(25,39-21)24(23)26(32)35/h3-6,8-10,12-13,18-19,21,23-25,33H,7,11,14-17H2,1-2H3,(H,30,34)/b8-4-/t18-,19-,21+,23-,24-,25+,29-/m1/s1. The SMILES string of the molecule is C[C@@H]1CNC(=O)CC/C=C\CN(Cc2ccccc2)C(=O)[C@@H]2N([C@H](C)CO)C(=O)[C@H]3[C@H](C(=O)O1)[C@@H]1C=C[C@]23O1. The summed E-state index contributed by atoms with van der Waals surface area (Å²) in [5.41, 5.74) is -0.442. The van der Waals surface area contributed by atoms with E-state index < -0.39 is 53.6 Å². The van der Waals surface area contributed by atoms with Crippen LogP contribution in [0, 0.1) is 11.8 Å². The Bertz CT molecular complexity index is 1180. The van der Waals surface area contributed by atoms with Crippen molar-refractivity contribution in [1.29, 1.82) is 0 Å². The molecular formula is C29H35N3O7. The number of cyclic esters (lactones) is 1. The summed E-state index contributed by atoms with van der Waals surface area (Å²) in [6.45, 7) is 3.68. The van der Waals surface area contributed by atoms with Crippen molar-refractivity contribution in [1.82, 2.24) is 15.1 Å². The van der Waals surface area contributed by atoms with E-state index in [2.05, 4.69) is 5.32 Å². The van der Waals surface area contributed by atoms with E-state index in [1.54, 1.807) is 30.9 Å². The molecule has 1 aromatic rings. The third kappa shape index (κ3) is 4.87. The fourth-order valence-corrected chi connectivity index (χ4v) is 6.13. The van der Waals surface area contributed by atoms with Crippen molar-refractivity contribution in [2.75, 3.05) is 19.7 Å². The third-order valence-corrected chi connectivity index (χ3v) is 8.02. The molecule has 208 valence electrons. The van der Waals surface area contributed by atoms with Crippen molar-refractivity contribution >= 4 is 23.7 Å². The maximum Gasteiger partial charge on any atom is 0.313 e. The molecule has 0 aliphatic carbocycles. The van der Waals surface area contributed by atoms with Crippen LogP contribution < -0.4 is 5.32 Å². The maximum absolute atomic E-state index is 14.4. The lowest BCUT2D eigenvalue weighted by Gasteiger charge is -2.37. The molecule has 1 aromatic carbocycles. The molecule has 2 N–H and O–H groups in total. The molecule has 4 heterocycles. The Morgan fingerprint density at radius 3 is 2.64 bits per heavy atom. The van der Waals surface area contributed by atoms with Crippen molar-refractivity contribution in [3.63, 3.8) is 0 Å². The van der Waals surface area contributed by atoms with Crippen molar-refractivity contribution in [2.45, 2.75) is 63.1 Å². The highest BCUT2D eigenvalue weighted by Gasteiger charge is 2.74. The van der Waals surface area contributed by atoms with E-state index in [1.165, 1.54) is 4.90 Å². The summed E-state index contributed by atoms with van der Waals surface area (Å²) in [4.78, 5) is 57.1. The number of hydrogen-bond acceptors (Lipinski definition) is 7. The predicted octanol–water partition coefficient (Wildman–Crippen LogP) is 0.945. The second-order valence-corrected chi connectivity index (χ2v) is 10.7. The zero-order valence-corrected chi connectivity index (χ0v) is 22.2. The molecule has 10 nitrogen and oxygen atoms in total. The number of aliphatic hydroxyl groups excluding tert-OH is 1. The normalized spacial score (nSPS) is 34.6. The summed E-state index contributed by atoms with van der Waals surface area (Å²) in [5, 5.41) is 12.8. The number of carbonyl (C=O) groups is 4. The number of carbonyl (C=O) groups excluding carboxylic acids is 4. The van der Waals surface area contributed by atoms with Gasteiger partial charge in [-0.2, -0.15) is 0 Å². The zero-order valence-electron chi connectivity index (χ0n) is 22.2. The van der Waals surface area contributed by atoms with E-state index in [1.807, 2.05) is 42.5 Å². The molecule has 0 aromatic heterocycles. The van der Waals surface area contributed by atoms with Crippen LogP contribution in [0.2, 0.25) is 0 Å². The van der Waals surface area contributed by atoms with Gasteiger partial charge < -0.3 is 29.7 Å². The van der Waals surface area contributed by atoms with Gasteiger partial charge in [0.2, 0.25) is 17.7 Å². The number of aliphatic hydroxyl groups is 1. The number of nitrogens with one attached hydrogen (secondary N) is 1. The minimum Gasteiger partial charge on any atom is -0.460 e. The fraction of sp³-hybridized carbons (Fsp3) is 0.517. The van der Waals surface area contributed by atoms with Gasteiger partial charge in [0.15, 0.2) is 0 Å². The molecular weight excluding hydrogens is 502 g/mol. The fourth-order valence-electron chi connectivity index (χ4n) is 6.13. The van der Waals surface area contributed by atoms with Gasteiger partial charge in [-0.25, -0.2) is 0 Å². The van der Waals surface area contributed by atoms with Crippen LogP contribution in [-0.2, 0) is 35.2 Å². The Morgan fingerprint density at radius 1 is 1.13 bits per heavy atom. The minimum absolute atomic E-state index is 0.145. The van der Waals surface area contributed by atoms with Gasteiger partial charge in [-0.3, -0.25) is 19.2 Å². The van der Waals surface area contributed by atoms with Crippen LogP contribution in [-0.4, -0.2) is 88.2 Å². The minimum atomic E-state index is -1.35. The molecule has 4 aliphatic rings. The van der Waals surface area contributed by atoms with Gasteiger partial charge in [0, 0.05) is 19.5 Å². The summed E-state index contributed by atoms with van der Waals surface area (Å²) < 4.78 is 12.0. The second kappa shape index (κ2) is 10.9. The van der Waals surface area contributed by atoms with Gasteiger partial charge >= 0.3 is 5.97 Å². The topological polar surface area (TPSA) is 125 Å². The second-order valence-electron chi connectivity index (χ2n) is 10.7. The molecule has 39 heavy (non-hydrogen) atoms. The number of rotatable bonds is 4. The molecule has 5 rings (SSSR count). The van der Waals surface area contributed by atoms with E-state index >= 15 is 0 Å². The lowest BCUT2D eigenvalue weighted by atomic mass is 9.74. The number of fused-ring (bicyclic) bond motifs is 2. The number of amides is 3. The molecule has 0 unspecified atom stereocenters. The number of ether oxygens (including phenoxy) is 2. The van der Waals surface area contributed by atoms with Gasteiger partial charge in [-0.15, -0.1) is 0 Å². The number of likely N-dealkylation sites (tertiary alicyclic amines) is 1. The highest BCUT2D eigenvalue weighted by Crippen LogP contribution is 2.56. The quantitative estimate of drug-likeness (QED) is 0.433. The first-order valence-electron chi connectivity index (χ1n) is 13.5. The van der Waals surface area contributed by atoms with Gasteiger partial charge in [-0.1, -0.05) is 54.6 Å². The lowest BCUT2D eigenvalue weighted by Crippen LogP contribution is -2.57. The largest absolute Gasteiger partial charge is 0.460 e. The highest BCUT2D eigenvalue weighted by atomic mass is 16.6. The highest BCUT2D eigenvalue weighted by molar-refractivity contribution is 5.99. The zero-order chi connectivity index (χ0) is 27.7. The van der Waals surface area contributed by atoms with E-state index in [0.717, 1.165) is 5.56 Å². The molecule has 4 aliphatic heterocycles. The van der Waals surface area contributed by atoms with Crippen LogP contribution >= 0.6 is 0 Å². The van der Waals surface area contributed by atoms with Crippen LogP contribution in [0.15, 0.2) is 54.6 Å². The molecule has 1 spiro atoms. The van der Waals surface area contributed by atoms with Gasteiger partial charge in [0.05, 0.1) is 31.2 Å². The number of esters is 1. The van der Waals surface area contributed by atoms with Crippen LogP contribution in [0.25, 0.3) is 0 Å². The molecule has 0 saturated carbocycles. The lowest BCUT2D eigenvalue weighted by molar-refractivity contribution is -0.159. The van der Waals surface area contributed by atoms with Crippen LogP contribution in [0.4, 0.5) is 0 Å². The Labute approximate surface area is 227 Å². The van der Waals surface area contributed by atoms with Crippen molar-refractivity contribution in [3.05, 3.63) is 60.2 Å². The van der Waals surface area contributed by atoms with E-state index in [-0.39, 0.29) is 44.5 Å². The van der Waals surface area contributed by atoms with Gasteiger partial charge in [0.25, 0.3) is 0 Å². The molecule has 10 heteroatoms. The predicted molar refractivity (Wildman–Crippen MR) is 140 cm³/mol. The third-order valence-electron chi connectivity index (χ3n) is 8.02. The molecule has 7 atom stereocenters. The summed E-state index contributed by atoms with van der Waals surface area (Å²) in [7, 11) is 0. The summed E-state index contributed by atoms with van der Waals surface area (Å²) in [6, 6.07) is 7.78. The van der Waals surface area contributed by atoms with Crippen LogP contribution in [0.5, 0.6) is 0 Å². The summed E-state index contributed by atoms with van der Waals surface area (Å²) in [5.74, 6) is -3.44. The first kappa shape index (κ1) is 27.1. The molecule has 2 saturated heterocycles. The smallest absolute Gasteiger partial charge is 0.313 e. The average molecular weight is 538 g/mol.